The van der Waals surface area contributed by atoms with E-state index in [2.05, 4.69) is 73.8 Å². The van der Waals surface area contributed by atoms with E-state index in [1.165, 1.54) is 28.0 Å². The van der Waals surface area contributed by atoms with Crippen LogP contribution in [0.15, 0.2) is 54.2 Å². The third-order valence-corrected chi connectivity index (χ3v) is 4.19. The highest BCUT2D eigenvalue weighted by Gasteiger charge is 2.11. The fourth-order valence-electron chi connectivity index (χ4n) is 2.81. The van der Waals surface area contributed by atoms with Crippen molar-refractivity contribution < 1.29 is 0 Å². The Labute approximate surface area is 127 Å². The lowest BCUT2D eigenvalue weighted by atomic mass is 9.91. The first-order valence-corrected chi connectivity index (χ1v) is 7.83. The standard InChI is InChI=1S/C20H23N/c1-15(2)18-9-8-17-10-11-20(13-19(17)12-18)21-14-16-6-4-3-5-7-16/h3-9,12-13,15,21H,10-11,14H2,1-2H3. The molecule has 1 heteroatoms. The Morgan fingerprint density at radius 1 is 1.00 bits per heavy atom. The third-order valence-electron chi connectivity index (χ3n) is 4.19. The summed E-state index contributed by atoms with van der Waals surface area (Å²) < 4.78 is 0. The summed E-state index contributed by atoms with van der Waals surface area (Å²) >= 11 is 0. The topological polar surface area (TPSA) is 12.0 Å². The molecule has 0 unspecified atom stereocenters. The lowest BCUT2D eigenvalue weighted by Gasteiger charge is -2.19. The molecule has 2 aromatic rings. The minimum atomic E-state index is 0.589. The first kappa shape index (κ1) is 13.9. The molecule has 0 atom stereocenters. The van der Waals surface area contributed by atoms with Crippen molar-refractivity contribution >= 4 is 6.08 Å². The van der Waals surface area contributed by atoms with E-state index in [-0.39, 0.29) is 0 Å². The molecule has 0 spiro atoms. The SMILES string of the molecule is CC(C)c1ccc2c(c1)C=C(NCc1ccccc1)CC2. The van der Waals surface area contributed by atoms with E-state index in [4.69, 9.17) is 0 Å². The second-order valence-electron chi connectivity index (χ2n) is 6.12. The zero-order valence-electron chi connectivity index (χ0n) is 12.9. The van der Waals surface area contributed by atoms with Gasteiger partial charge in [0.1, 0.15) is 0 Å². The van der Waals surface area contributed by atoms with Crippen molar-refractivity contribution in [3.05, 3.63) is 76.5 Å². The maximum atomic E-state index is 3.59. The van der Waals surface area contributed by atoms with Crippen LogP contribution in [0.3, 0.4) is 0 Å². The van der Waals surface area contributed by atoms with Crippen molar-refractivity contribution in [2.75, 3.05) is 0 Å². The first-order valence-electron chi connectivity index (χ1n) is 7.83. The number of aryl methyl sites for hydroxylation is 1. The van der Waals surface area contributed by atoms with Crippen molar-refractivity contribution in [1.82, 2.24) is 5.32 Å². The molecular weight excluding hydrogens is 254 g/mol. The molecule has 21 heavy (non-hydrogen) atoms. The van der Waals surface area contributed by atoms with Crippen LogP contribution >= 0.6 is 0 Å². The fourth-order valence-corrected chi connectivity index (χ4v) is 2.81. The summed E-state index contributed by atoms with van der Waals surface area (Å²) in [5.41, 5.74) is 6.98. The van der Waals surface area contributed by atoms with E-state index < -0.39 is 0 Å². The number of benzene rings is 2. The largest absolute Gasteiger partial charge is 0.384 e. The molecule has 0 aromatic heterocycles. The number of rotatable bonds is 4. The van der Waals surface area contributed by atoms with Gasteiger partial charge in [-0.25, -0.2) is 0 Å². The lowest BCUT2D eigenvalue weighted by molar-refractivity contribution is 0.743. The smallest absolute Gasteiger partial charge is 0.0397 e. The molecule has 0 aliphatic heterocycles. The lowest BCUT2D eigenvalue weighted by Crippen LogP contribution is -2.16. The monoisotopic (exact) mass is 277 g/mol. The molecule has 1 aliphatic carbocycles. The second kappa shape index (κ2) is 6.17. The summed E-state index contributed by atoms with van der Waals surface area (Å²) in [5, 5.41) is 3.59. The molecule has 0 heterocycles. The van der Waals surface area contributed by atoms with E-state index in [1.807, 2.05) is 0 Å². The van der Waals surface area contributed by atoms with E-state index >= 15 is 0 Å². The maximum Gasteiger partial charge on any atom is 0.0397 e. The van der Waals surface area contributed by atoms with Gasteiger partial charge in [0.15, 0.2) is 0 Å². The Morgan fingerprint density at radius 3 is 2.57 bits per heavy atom. The van der Waals surface area contributed by atoms with Gasteiger partial charge in [-0.15, -0.1) is 0 Å². The fraction of sp³-hybridized carbons (Fsp3) is 0.300. The van der Waals surface area contributed by atoms with Crippen LogP contribution < -0.4 is 5.32 Å². The van der Waals surface area contributed by atoms with Gasteiger partial charge in [0.2, 0.25) is 0 Å². The van der Waals surface area contributed by atoms with Gasteiger partial charge in [-0.2, -0.15) is 0 Å². The van der Waals surface area contributed by atoms with Crippen molar-refractivity contribution in [2.24, 2.45) is 0 Å². The normalized spacial score (nSPS) is 13.8. The zero-order valence-corrected chi connectivity index (χ0v) is 12.9. The van der Waals surface area contributed by atoms with Gasteiger partial charge in [-0.05, 0) is 47.1 Å². The number of fused-ring (bicyclic) bond motifs is 1. The Bertz CT molecular complexity index is 638. The summed E-state index contributed by atoms with van der Waals surface area (Å²) in [6, 6.07) is 17.5. The van der Waals surface area contributed by atoms with Gasteiger partial charge in [0.25, 0.3) is 0 Å². The molecule has 1 aliphatic rings. The Morgan fingerprint density at radius 2 is 1.81 bits per heavy atom. The molecule has 1 nitrogen and oxygen atoms in total. The third kappa shape index (κ3) is 3.36. The number of hydrogen-bond acceptors (Lipinski definition) is 1. The molecule has 3 rings (SSSR count). The van der Waals surface area contributed by atoms with Gasteiger partial charge in [0.05, 0.1) is 0 Å². The highest BCUT2D eigenvalue weighted by molar-refractivity contribution is 5.60. The summed E-state index contributed by atoms with van der Waals surface area (Å²) in [5.74, 6) is 0.589. The van der Waals surface area contributed by atoms with Crippen LogP contribution in [0.2, 0.25) is 0 Å². The average molecular weight is 277 g/mol. The van der Waals surface area contributed by atoms with Crippen molar-refractivity contribution in [3.63, 3.8) is 0 Å². The van der Waals surface area contributed by atoms with E-state index in [0.717, 1.165) is 19.4 Å². The highest BCUT2D eigenvalue weighted by atomic mass is 14.9. The van der Waals surface area contributed by atoms with Gasteiger partial charge in [-0.1, -0.05) is 62.4 Å². The predicted molar refractivity (Wildman–Crippen MR) is 90.1 cm³/mol. The van der Waals surface area contributed by atoms with Crippen LogP contribution in [-0.4, -0.2) is 0 Å². The molecule has 0 saturated carbocycles. The van der Waals surface area contributed by atoms with Crippen molar-refractivity contribution in [3.8, 4) is 0 Å². The number of allylic oxidation sites excluding steroid dienone is 1. The molecule has 1 N–H and O–H groups in total. The van der Waals surface area contributed by atoms with Gasteiger partial charge >= 0.3 is 0 Å². The molecular formula is C20H23N. The Balaban J connectivity index is 1.75. The summed E-state index contributed by atoms with van der Waals surface area (Å²) in [6.07, 6.45) is 4.58. The minimum absolute atomic E-state index is 0.589. The van der Waals surface area contributed by atoms with E-state index in [0.29, 0.717) is 5.92 Å². The Kier molecular flexibility index (Phi) is 4.10. The average Bonchev–Trinajstić information content (AvgIpc) is 2.53. The van der Waals surface area contributed by atoms with Crippen LogP contribution in [0.4, 0.5) is 0 Å². The quantitative estimate of drug-likeness (QED) is 0.839. The van der Waals surface area contributed by atoms with Crippen LogP contribution in [0.25, 0.3) is 6.08 Å². The van der Waals surface area contributed by atoms with Gasteiger partial charge < -0.3 is 5.32 Å². The highest BCUT2D eigenvalue weighted by Crippen LogP contribution is 2.26. The van der Waals surface area contributed by atoms with E-state index in [1.54, 1.807) is 0 Å². The molecule has 0 fully saturated rings. The zero-order chi connectivity index (χ0) is 14.7. The molecule has 2 aromatic carbocycles. The second-order valence-corrected chi connectivity index (χ2v) is 6.12. The van der Waals surface area contributed by atoms with Gasteiger partial charge in [-0.3, -0.25) is 0 Å². The Hall–Kier alpha value is -2.02. The molecule has 108 valence electrons. The summed E-state index contributed by atoms with van der Waals surface area (Å²) in [7, 11) is 0. The van der Waals surface area contributed by atoms with Crippen LogP contribution in [-0.2, 0) is 13.0 Å². The maximum absolute atomic E-state index is 3.59. The van der Waals surface area contributed by atoms with Gasteiger partial charge in [0, 0.05) is 12.2 Å². The van der Waals surface area contributed by atoms with Crippen LogP contribution in [0.5, 0.6) is 0 Å². The predicted octanol–water partition coefficient (Wildman–Crippen LogP) is 4.89. The minimum Gasteiger partial charge on any atom is -0.384 e. The first-order chi connectivity index (χ1) is 10.2. The number of hydrogen-bond donors (Lipinski definition) is 1. The van der Waals surface area contributed by atoms with Crippen LogP contribution in [0, 0.1) is 0 Å². The molecule has 0 radical (unpaired) electrons. The van der Waals surface area contributed by atoms with Crippen LogP contribution in [0.1, 0.15) is 48.4 Å². The summed E-state index contributed by atoms with van der Waals surface area (Å²) in [6.45, 7) is 5.41. The molecule has 0 saturated heterocycles. The summed E-state index contributed by atoms with van der Waals surface area (Å²) in [4.78, 5) is 0. The molecule has 0 bridgehead atoms. The number of nitrogens with one attached hydrogen (secondary N) is 1. The van der Waals surface area contributed by atoms with Crippen molar-refractivity contribution in [1.29, 1.82) is 0 Å². The van der Waals surface area contributed by atoms with E-state index in [9.17, 15) is 0 Å². The van der Waals surface area contributed by atoms with Crippen molar-refractivity contribution in [2.45, 2.75) is 39.2 Å². The molecule has 0 amide bonds.